The molecule has 1 aromatic carbocycles. The van der Waals surface area contributed by atoms with Gasteiger partial charge in [0, 0.05) is 12.1 Å². The van der Waals surface area contributed by atoms with Gasteiger partial charge in [0.15, 0.2) is 11.5 Å². The normalized spacial score (nSPS) is 14.9. The number of benzene rings is 1. The molecule has 76 valence electrons. The van der Waals surface area contributed by atoms with Gasteiger partial charge in [-0.2, -0.15) is 0 Å². The number of methoxy groups -OCH3 is 1. The molecule has 0 fully saturated rings. The number of ether oxygens (including phenoxy) is 1. The molecule has 0 atom stereocenters. The maximum Gasteiger partial charge on any atom is 0.200 e. The second-order valence-corrected chi connectivity index (χ2v) is 3.34. The molecule has 0 saturated heterocycles. The third kappa shape index (κ3) is 1.28. The SMILES string of the molecule is COc1cc2c(c(O)c1O)CNCC2. The van der Waals surface area contributed by atoms with Crippen molar-refractivity contribution < 1.29 is 14.9 Å². The Morgan fingerprint density at radius 1 is 1.36 bits per heavy atom. The summed E-state index contributed by atoms with van der Waals surface area (Å²) in [5.74, 6) is 0.102. The van der Waals surface area contributed by atoms with E-state index in [0.29, 0.717) is 12.3 Å². The highest BCUT2D eigenvalue weighted by Gasteiger charge is 2.19. The van der Waals surface area contributed by atoms with E-state index >= 15 is 0 Å². The van der Waals surface area contributed by atoms with Crippen molar-refractivity contribution in [3.8, 4) is 17.2 Å². The number of aromatic hydroxyl groups is 2. The molecule has 3 N–H and O–H groups in total. The summed E-state index contributed by atoms with van der Waals surface area (Å²) in [5, 5.41) is 22.4. The topological polar surface area (TPSA) is 61.7 Å². The van der Waals surface area contributed by atoms with Crippen LogP contribution in [0, 0.1) is 0 Å². The van der Waals surface area contributed by atoms with Gasteiger partial charge in [-0.1, -0.05) is 0 Å². The molecule has 0 unspecified atom stereocenters. The van der Waals surface area contributed by atoms with Crippen LogP contribution in [0.4, 0.5) is 0 Å². The fraction of sp³-hybridized carbons (Fsp3) is 0.400. The van der Waals surface area contributed by atoms with Crippen molar-refractivity contribution in [3.63, 3.8) is 0 Å². The lowest BCUT2D eigenvalue weighted by Crippen LogP contribution is -2.23. The Balaban J connectivity index is 2.57. The number of nitrogens with one attached hydrogen (secondary N) is 1. The van der Waals surface area contributed by atoms with Crippen molar-refractivity contribution in [2.45, 2.75) is 13.0 Å². The molecular formula is C10H13NO3. The van der Waals surface area contributed by atoms with Gasteiger partial charge >= 0.3 is 0 Å². The van der Waals surface area contributed by atoms with E-state index in [0.717, 1.165) is 24.1 Å². The minimum absolute atomic E-state index is 0.0634. The third-order valence-corrected chi connectivity index (χ3v) is 2.53. The molecule has 0 amide bonds. The molecule has 2 rings (SSSR count). The molecule has 1 aliphatic heterocycles. The monoisotopic (exact) mass is 195 g/mol. The number of rotatable bonds is 1. The molecule has 14 heavy (non-hydrogen) atoms. The highest BCUT2D eigenvalue weighted by molar-refractivity contribution is 5.58. The summed E-state index contributed by atoms with van der Waals surface area (Å²) in [6, 6.07) is 1.78. The zero-order chi connectivity index (χ0) is 10.1. The van der Waals surface area contributed by atoms with Crippen LogP contribution in [-0.4, -0.2) is 23.9 Å². The van der Waals surface area contributed by atoms with E-state index in [4.69, 9.17) is 4.74 Å². The van der Waals surface area contributed by atoms with Gasteiger partial charge in [-0.15, -0.1) is 0 Å². The standard InChI is InChI=1S/C10H13NO3/c1-14-8-4-6-2-3-11-5-7(6)9(12)10(8)13/h4,11-13H,2-3,5H2,1H3. The summed E-state index contributed by atoms with van der Waals surface area (Å²) in [5.41, 5.74) is 1.81. The number of fused-ring (bicyclic) bond motifs is 1. The average Bonchev–Trinajstić information content (AvgIpc) is 2.23. The molecule has 4 nitrogen and oxygen atoms in total. The molecule has 0 radical (unpaired) electrons. The van der Waals surface area contributed by atoms with Crippen LogP contribution in [0.2, 0.25) is 0 Å². The highest BCUT2D eigenvalue weighted by Crippen LogP contribution is 2.40. The Bertz CT molecular complexity index is 363. The van der Waals surface area contributed by atoms with Gasteiger partial charge in [0.2, 0.25) is 5.75 Å². The van der Waals surface area contributed by atoms with Crippen LogP contribution in [0.25, 0.3) is 0 Å². The van der Waals surface area contributed by atoms with E-state index in [-0.39, 0.29) is 11.5 Å². The predicted molar refractivity (Wildman–Crippen MR) is 51.7 cm³/mol. The molecule has 0 bridgehead atoms. The fourth-order valence-corrected chi connectivity index (χ4v) is 1.74. The van der Waals surface area contributed by atoms with E-state index in [1.807, 2.05) is 0 Å². The summed E-state index contributed by atoms with van der Waals surface area (Å²) in [6.07, 6.45) is 0.847. The lowest BCUT2D eigenvalue weighted by atomic mass is 9.99. The van der Waals surface area contributed by atoms with Crippen molar-refractivity contribution in [3.05, 3.63) is 17.2 Å². The molecule has 0 spiro atoms. The van der Waals surface area contributed by atoms with E-state index in [9.17, 15) is 10.2 Å². The zero-order valence-electron chi connectivity index (χ0n) is 8.00. The van der Waals surface area contributed by atoms with E-state index in [1.54, 1.807) is 6.07 Å². The Morgan fingerprint density at radius 2 is 2.14 bits per heavy atom. The first-order valence-corrected chi connectivity index (χ1v) is 4.55. The van der Waals surface area contributed by atoms with Crippen LogP contribution in [-0.2, 0) is 13.0 Å². The van der Waals surface area contributed by atoms with Crippen LogP contribution >= 0.6 is 0 Å². The molecule has 0 saturated carbocycles. The fourth-order valence-electron chi connectivity index (χ4n) is 1.74. The van der Waals surface area contributed by atoms with Crippen LogP contribution in [0.1, 0.15) is 11.1 Å². The molecular weight excluding hydrogens is 182 g/mol. The molecule has 0 aromatic heterocycles. The largest absolute Gasteiger partial charge is 0.504 e. The van der Waals surface area contributed by atoms with E-state index in [1.165, 1.54) is 7.11 Å². The molecule has 1 aliphatic rings. The van der Waals surface area contributed by atoms with E-state index < -0.39 is 0 Å². The predicted octanol–water partition coefficient (Wildman–Crippen LogP) is 0.752. The van der Waals surface area contributed by atoms with Gasteiger partial charge in [0.1, 0.15) is 0 Å². The third-order valence-electron chi connectivity index (χ3n) is 2.53. The Morgan fingerprint density at radius 3 is 2.86 bits per heavy atom. The Kier molecular flexibility index (Phi) is 2.21. The highest BCUT2D eigenvalue weighted by atomic mass is 16.5. The average molecular weight is 195 g/mol. The minimum atomic E-state index is -0.171. The first-order valence-electron chi connectivity index (χ1n) is 4.55. The van der Waals surface area contributed by atoms with Gasteiger partial charge in [-0.3, -0.25) is 0 Å². The quantitative estimate of drug-likeness (QED) is 0.579. The van der Waals surface area contributed by atoms with Crippen molar-refractivity contribution >= 4 is 0 Å². The van der Waals surface area contributed by atoms with Gasteiger partial charge in [-0.05, 0) is 24.6 Å². The second kappa shape index (κ2) is 3.38. The first-order chi connectivity index (χ1) is 6.74. The van der Waals surface area contributed by atoms with Gasteiger partial charge < -0.3 is 20.3 Å². The minimum Gasteiger partial charge on any atom is -0.504 e. The Hall–Kier alpha value is -1.42. The summed E-state index contributed by atoms with van der Waals surface area (Å²) in [4.78, 5) is 0. The maximum absolute atomic E-state index is 9.69. The van der Waals surface area contributed by atoms with Gasteiger partial charge in [-0.25, -0.2) is 0 Å². The lowest BCUT2D eigenvalue weighted by Gasteiger charge is -2.20. The molecule has 4 heteroatoms. The van der Waals surface area contributed by atoms with Gasteiger partial charge in [0.05, 0.1) is 7.11 Å². The first kappa shape index (κ1) is 9.15. The van der Waals surface area contributed by atoms with Crippen molar-refractivity contribution in [1.82, 2.24) is 5.32 Å². The zero-order valence-corrected chi connectivity index (χ0v) is 8.00. The van der Waals surface area contributed by atoms with Crippen molar-refractivity contribution in [1.29, 1.82) is 0 Å². The molecule has 0 aliphatic carbocycles. The van der Waals surface area contributed by atoms with Crippen LogP contribution in [0.5, 0.6) is 17.2 Å². The van der Waals surface area contributed by atoms with Crippen molar-refractivity contribution in [2.24, 2.45) is 0 Å². The smallest absolute Gasteiger partial charge is 0.200 e. The van der Waals surface area contributed by atoms with E-state index in [2.05, 4.69) is 5.32 Å². The van der Waals surface area contributed by atoms with Crippen LogP contribution < -0.4 is 10.1 Å². The van der Waals surface area contributed by atoms with Gasteiger partial charge in [0.25, 0.3) is 0 Å². The maximum atomic E-state index is 9.69. The molecule has 1 aromatic rings. The lowest BCUT2D eigenvalue weighted by molar-refractivity contribution is 0.346. The van der Waals surface area contributed by atoms with Crippen LogP contribution in [0.15, 0.2) is 6.07 Å². The van der Waals surface area contributed by atoms with Crippen molar-refractivity contribution in [2.75, 3.05) is 13.7 Å². The summed E-state index contributed by atoms with van der Waals surface area (Å²) >= 11 is 0. The summed E-state index contributed by atoms with van der Waals surface area (Å²) < 4.78 is 4.96. The molecule has 1 heterocycles. The number of phenols is 2. The number of phenolic OH excluding ortho intramolecular Hbond substituents is 2. The second-order valence-electron chi connectivity index (χ2n) is 3.34. The number of hydrogen-bond donors (Lipinski definition) is 3. The number of hydrogen-bond acceptors (Lipinski definition) is 4. The Labute approximate surface area is 82.1 Å². The van der Waals surface area contributed by atoms with Crippen LogP contribution in [0.3, 0.4) is 0 Å². The summed E-state index contributed by atoms with van der Waals surface area (Å²) in [6.45, 7) is 1.49. The summed E-state index contributed by atoms with van der Waals surface area (Å²) in [7, 11) is 1.47.